The zero-order valence-electron chi connectivity index (χ0n) is 13.8. The zero-order valence-corrected chi connectivity index (χ0v) is 15.4. The molecule has 4 rings (SSSR count). The van der Waals surface area contributed by atoms with E-state index in [4.69, 9.17) is 20.2 Å². The van der Waals surface area contributed by atoms with Gasteiger partial charge in [0.15, 0.2) is 11.5 Å². The molecule has 1 heterocycles. The number of rotatable bonds is 3. The van der Waals surface area contributed by atoms with Gasteiger partial charge in [0, 0.05) is 33.9 Å². The Morgan fingerprint density at radius 2 is 1.18 bits per heavy atom. The van der Waals surface area contributed by atoms with Crippen molar-refractivity contribution in [2.75, 3.05) is 0 Å². The summed E-state index contributed by atoms with van der Waals surface area (Å²) in [7, 11) is 0.888. The van der Waals surface area contributed by atoms with E-state index in [1.165, 1.54) is 48.5 Å². The molecule has 0 saturated heterocycles. The Morgan fingerprint density at radius 1 is 0.750 bits per heavy atom. The van der Waals surface area contributed by atoms with Crippen molar-refractivity contribution in [2.45, 2.75) is 10.7 Å². The fraction of sp³-hybridized carbons (Fsp3) is 0.0526. The molecule has 0 atom stereocenters. The lowest BCUT2D eigenvalue weighted by Crippen LogP contribution is -2.36. The highest BCUT2D eigenvalue weighted by atomic mass is 35.7. The third-order valence-electron chi connectivity index (χ3n) is 4.22. The van der Waals surface area contributed by atoms with Crippen LogP contribution in [0.5, 0.6) is 11.5 Å². The van der Waals surface area contributed by atoms with Gasteiger partial charge in [-0.2, -0.15) is 0 Å². The third-order valence-corrected chi connectivity index (χ3v) is 5.55. The van der Waals surface area contributed by atoms with Crippen LogP contribution in [0.15, 0.2) is 65.6 Å². The summed E-state index contributed by atoms with van der Waals surface area (Å²) in [5.74, 6) is -4.01. The molecule has 0 fully saturated rings. The van der Waals surface area contributed by atoms with Crippen molar-refractivity contribution in [3.05, 3.63) is 89.2 Å². The van der Waals surface area contributed by atoms with E-state index in [1.807, 2.05) is 0 Å². The molecule has 0 unspecified atom stereocenters. The van der Waals surface area contributed by atoms with Gasteiger partial charge in [-0.3, -0.25) is 0 Å². The van der Waals surface area contributed by atoms with E-state index in [-0.39, 0.29) is 11.5 Å². The lowest BCUT2D eigenvalue weighted by Gasteiger charge is -2.28. The van der Waals surface area contributed by atoms with Crippen molar-refractivity contribution >= 4 is 19.7 Å². The standard InChI is InChI=1S/C19H10ClF3O4S/c20-28(24,25)18-10-17-16(9-15(18)23)26-19(27-17,11-1-5-13(21)6-2-11)12-3-7-14(22)8-4-12/h1-10H. The second kappa shape index (κ2) is 6.42. The maximum atomic E-state index is 14.2. The first-order chi connectivity index (χ1) is 13.2. The largest absolute Gasteiger partial charge is 0.440 e. The molecule has 9 heteroatoms. The van der Waals surface area contributed by atoms with Gasteiger partial charge < -0.3 is 9.47 Å². The van der Waals surface area contributed by atoms with E-state index < -0.39 is 37.2 Å². The minimum absolute atomic E-state index is 0.0878. The highest BCUT2D eigenvalue weighted by Crippen LogP contribution is 2.49. The van der Waals surface area contributed by atoms with E-state index in [9.17, 15) is 21.6 Å². The van der Waals surface area contributed by atoms with Gasteiger partial charge in [0.1, 0.15) is 22.3 Å². The van der Waals surface area contributed by atoms with Crippen molar-refractivity contribution in [3.63, 3.8) is 0 Å². The van der Waals surface area contributed by atoms with Crippen LogP contribution in [0.1, 0.15) is 11.1 Å². The fourth-order valence-corrected chi connectivity index (χ4v) is 3.83. The highest BCUT2D eigenvalue weighted by molar-refractivity contribution is 8.13. The van der Waals surface area contributed by atoms with Crippen LogP contribution in [0, 0.1) is 17.5 Å². The first-order valence-corrected chi connectivity index (χ1v) is 10.2. The SMILES string of the molecule is O=S(=O)(Cl)c1cc2c(cc1F)OC(c1ccc(F)cc1)(c1ccc(F)cc1)O2. The molecule has 0 amide bonds. The Morgan fingerprint density at radius 3 is 1.61 bits per heavy atom. The van der Waals surface area contributed by atoms with Crippen LogP contribution in [0.4, 0.5) is 13.2 Å². The monoisotopic (exact) mass is 426 g/mol. The van der Waals surface area contributed by atoms with Gasteiger partial charge in [0.05, 0.1) is 0 Å². The summed E-state index contributed by atoms with van der Waals surface area (Å²) in [5.41, 5.74) is 0.653. The van der Waals surface area contributed by atoms with Crippen LogP contribution in [0.3, 0.4) is 0 Å². The van der Waals surface area contributed by atoms with Crippen molar-refractivity contribution in [3.8, 4) is 11.5 Å². The lowest BCUT2D eigenvalue weighted by molar-refractivity contribution is -0.0460. The molecule has 3 aromatic rings. The molecule has 0 aromatic heterocycles. The average Bonchev–Trinajstić information content (AvgIpc) is 3.00. The summed E-state index contributed by atoms with van der Waals surface area (Å²) in [6, 6.07) is 12.0. The van der Waals surface area contributed by atoms with E-state index in [2.05, 4.69) is 0 Å². The molecule has 0 N–H and O–H groups in total. The molecular formula is C19H10ClF3O4S. The summed E-state index contributed by atoms with van der Waals surface area (Å²) in [5, 5.41) is 0. The number of ether oxygens (including phenoxy) is 2. The normalized spacial score (nSPS) is 14.9. The number of benzene rings is 3. The average molecular weight is 427 g/mol. The Balaban J connectivity index is 1.90. The fourth-order valence-electron chi connectivity index (χ4n) is 2.93. The molecule has 4 nitrogen and oxygen atoms in total. The number of halogens is 4. The molecule has 1 aliphatic rings. The molecule has 144 valence electrons. The summed E-state index contributed by atoms with van der Waals surface area (Å²) in [6.45, 7) is 0. The summed E-state index contributed by atoms with van der Waals surface area (Å²) in [6.07, 6.45) is 0. The van der Waals surface area contributed by atoms with Crippen molar-refractivity contribution in [1.82, 2.24) is 0 Å². The quantitative estimate of drug-likeness (QED) is 0.569. The molecule has 1 aliphatic heterocycles. The van der Waals surface area contributed by atoms with Crippen LogP contribution in [0.2, 0.25) is 0 Å². The Bertz CT molecular complexity index is 1120. The second-order valence-electron chi connectivity index (χ2n) is 6.00. The van der Waals surface area contributed by atoms with E-state index in [0.29, 0.717) is 11.1 Å². The van der Waals surface area contributed by atoms with Gasteiger partial charge in [-0.15, -0.1) is 0 Å². The summed E-state index contributed by atoms with van der Waals surface area (Å²) < 4.78 is 75.9. The van der Waals surface area contributed by atoms with Gasteiger partial charge in [-0.25, -0.2) is 21.6 Å². The van der Waals surface area contributed by atoms with Gasteiger partial charge in [0.25, 0.3) is 9.05 Å². The van der Waals surface area contributed by atoms with Crippen LogP contribution in [-0.2, 0) is 14.8 Å². The maximum absolute atomic E-state index is 14.2. The smallest absolute Gasteiger partial charge is 0.305 e. The van der Waals surface area contributed by atoms with E-state index in [1.54, 1.807) is 0 Å². The summed E-state index contributed by atoms with van der Waals surface area (Å²) >= 11 is 0. The van der Waals surface area contributed by atoms with Gasteiger partial charge >= 0.3 is 5.79 Å². The Hall–Kier alpha value is -2.71. The maximum Gasteiger partial charge on any atom is 0.305 e. The van der Waals surface area contributed by atoms with Crippen LogP contribution >= 0.6 is 10.7 Å². The molecule has 0 aliphatic carbocycles. The lowest BCUT2D eigenvalue weighted by atomic mass is 9.97. The molecule has 0 spiro atoms. The van der Waals surface area contributed by atoms with Crippen LogP contribution in [0.25, 0.3) is 0 Å². The van der Waals surface area contributed by atoms with Crippen molar-refractivity contribution < 1.29 is 31.1 Å². The van der Waals surface area contributed by atoms with Gasteiger partial charge in [0.2, 0.25) is 0 Å². The second-order valence-corrected chi connectivity index (χ2v) is 8.54. The topological polar surface area (TPSA) is 52.6 Å². The van der Waals surface area contributed by atoms with Gasteiger partial charge in [-0.05, 0) is 48.5 Å². The van der Waals surface area contributed by atoms with Gasteiger partial charge in [-0.1, -0.05) is 0 Å². The first-order valence-electron chi connectivity index (χ1n) is 7.87. The summed E-state index contributed by atoms with van der Waals surface area (Å²) in [4.78, 5) is -0.773. The Labute approximate surface area is 162 Å². The number of fused-ring (bicyclic) bond motifs is 1. The third kappa shape index (κ3) is 3.08. The zero-order chi connectivity index (χ0) is 20.1. The van der Waals surface area contributed by atoms with E-state index in [0.717, 1.165) is 12.1 Å². The predicted octanol–water partition coefficient (Wildman–Crippen LogP) is 4.70. The van der Waals surface area contributed by atoms with E-state index >= 15 is 0 Å². The van der Waals surface area contributed by atoms with Crippen molar-refractivity contribution in [1.29, 1.82) is 0 Å². The van der Waals surface area contributed by atoms with Crippen LogP contribution < -0.4 is 9.47 Å². The first kappa shape index (κ1) is 18.6. The molecule has 0 bridgehead atoms. The minimum Gasteiger partial charge on any atom is -0.440 e. The molecule has 0 saturated carbocycles. The predicted molar refractivity (Wildman–Crippen MR) is 94.3 cm³/mol. The van der Waals surface area contributed by atoms with Crippen molar-refractivity contribution in [2.24, 2.45) is 0 Å². The molecule has 3 aromatic carbocycles. The Kier molecular flexibility index (Phi) is 4.28. The highest BCUT2D eigenvalue weighted by Gasteiger charge is 2.46. The number of hydrogen-bond acceptors (Lipinski definition) is 4. The molecular weight excluding hydrogens is 417 g/mol. The molecule has 0 radical (unpaired) electrons. The van der Waals surface area contributed by atoms with Crippen LogP contribution in [-0.4, -0.2) is 8.42 Å². The molecule has 28 heavy (non-hydrogen) atoms. The minimum atomic E-state index is -4.37. The number of hydrogen-bond donors (Lipinski definition) is 0.